The molecule has 4 aliphatic heterocycles. The number of benzene rings is 3. The maximum absolute atomic E-state index is 15.1. The Morgan fingerprint density at radius 3 is 1.72 bits per heavy atom. The van der Waals surface area contributed by atoms with Gasteiger partial charge in [-0.3, -0.25) is 24.4 Å². The molecule has 0 unspecified atom stereocenters. The minimum Gasteiger partial charge on any atom is -0.497 e. The summed E-state index contributed by atoms with van der Waals surface area (Å²) in [6.07, 6.45) is 4.07. The van der Waals surface area contributed by atoms with Crippen molar-refractivity contribution >= 4 is 29.1 Å². The van der Waals surface area contributed by atoms with Crippen LogP contribution in [0.2, 0.25) is 0 Å². The number of methoxy groups -OCH3 is 2. The molecule has 0 spiro atoms. The predicted molar refractivity (Wildman–Crippen MR) is 277 cm³/mol. The highest BCUT2D eigenvalue weighted by atomic mass is 19.1. The monoisotopic (exact) mass is 1060 g/mol. The Labute approximate surface area is 445 Å². The molecule has 4 aromatic heterocycles. The van der Waals surface area contributed by atoms with Gasteiger partial charge in [0.05, 0.1) is 141 Å². The first-order chi connectivity index (χ1) is 37.8. The SMILES string of the molecule is COc1ccc(CN2Cc3nc(-c4c(F)cc(C#N)cc4F)cc(Cc4ccc(N5CCOCC5)cn4)c3C2=O)c(OC)c1.NC(=O)c1cc(F)c(-c2cc(Cc3ccc(N4CCOCC4)cn3)c3c(n2)CNC3=O)c(F)c1. The number of carbonyl (C=O) groups excluding carboxylic acids is 3. The van der Waals surface area contributed by atoms with Crippen molar-refractivity contribution in [3.05, 3.63) is 176 Å². The normalized spacial score (nSPS) is 14.8. The molecule has 3 aromatic carbocycles. The van der Waals surface area contributed by atoms with Crippen LogP contribution in [0.25, 0.3) is 22.5 Å². The van der Waals surface area contributed by atoms with Crippen molar-refractivity contribution in [2.75, 3.05) is 76.6 Å². The molecule has 3 amide bonds. The molecule has 4 aliphatic rings. The number of nitrogens with one attached hydrogen (secondary N) is 1. The smallest absolute Gasteiger partial charge is 0.256 e. The zero-order chi connectivity index (χ0) is 54.6. The van der Waals surface area contributed by atoms with Gasteiger partial charge in [-0.25, -0.2) is 27.5 Å². The van der Waals surface area contributed by atoms with Crippen LogP contribution in [0.5, 0.6) is 11.5 Å². The number of fused-ring (bicyclic) bond motifs is 2. The number of pyridine rings is 4. The molecule has 17 nitrogen and oxygen atoms in total. The fourth-order valence-corrected chi connectivity index (χ4v) is 9.90. The van der Waals surface area contributed by atoms with Crippen LogP contribution in [0.15, 0.2) is 91.3 Å². The van der Waals surface area contributed by atoms with Crippen LogP contribution in [0, 0.1) is 34.6 Å². The van der Waals surface area contributed by atoms with Gasteiger partial charge in [0.2, 0.25) is 5.91 Å². The van der Waals surface area contributed by atoms with E-state index in [0.717, 1.165) is 67.4 Å². The Morgan fingerprint density at radius 1 is 0.679 bits per heavy atom. The third-order valence-corrected chi connectivity index (χ3v) is 13.8. The first-order valence-electron chi connectivity index (χ1n) is 24.9. The number of halogens is 4. The van der Waals surface area contributed by atoms with Crippen LogP contribution in [-0.2, 0) is 41.9 Å². The summed E-state index contributed by atoms with van der Waals surface area (Å²) in [6.45, 7) is 6.25. The average molecular weight is 1060 g/mol. The highest BCUT2D eigenvalue weighted by molar-refractivity contribution is 6.00. The Balaban J connectivity index is 0.000000182. The van der Waals surface area contributed by atoms with Gasteiger partial charge in [-0.15, -0.1) is 0 Å². The van der Waals surface area contributed by atoms with Crippen LogP contribution in [0.4, 0.5) is 28.9 Å². The Hall–Kier alpha value is -9.00. The van der Waals surface area contributed by atoms with E-state index in [4.69, 9.17) is 29.9 Å². The molecule has 0 aliphatic carbocycles. The van der Waals surface area contributed by atoms with Crippen molar-refractivity contribution in [2.45, 2.75) is 32.5 Å². The van der Waals surface area contributed by atoms with Gasteiger partial charge in [-0.2, -0.15) is 5.26 Å². The Kier molecular flexibility index (Phi) is 15.3. The van der Waals surface area contributed by atoms with Crippen LogP contribution in [-0.4, -0.2) is 109 Å². The van der Waals surface area contributed by atoms with E-state index >= 15 is 8.78 Å². The van der Waals surface area contributed by atoms with E-state index in [1.165, 1.54) is 6.07 Å². The van der Waals surface area contributed by atoms with E-state index in [1.54, 1.807) is 55.8 Å². The molecule has 8 heterocycles. The average Bonchev–Trinajstić information content (AvgIpc) is 4.09. The van der Waals surface area contributed by atoms with Gasteiger partial charge in [0.1, 0.15) is 34.8 Å². The minimum absolute atomic E-state index is 0.0289. The molecule has 21 heteroatoms. The molecule has 7 aromatic rings. The molecule has 398 valence electrons. The highest BCUT2D eigenvalue weighted by Gasteiger charge is 2.34. The number of ether oxygens (including phenoxy) is 4. The number of anilines is 2. The molecule has 0 bridgehead atoms. The molecule has 0 atom stereocenters. The first-order valence-corrected chi connectivity index (χ1v) is 24.9. The molecule has 0 saturated carbocycles. The van der Waals surface area contributed by atoms with E-state index in [0.29, 0.717) is 83.0 Å². The van der Waals surface area contributed by atoms with Crippen molar-refractivity contribution in [1.29, 1.82) is 5.26 Å². The van der Waals surface area contributed by atoms with Crippen molar-refractivity contribution in [2.24, 2.45) is 5.73 Å². The maximum Gasteiger partial charge on any atom is 0.256 e. The van der Waals surface area contributed by atoms with E-state index < -0.39 is 29.2 Å². The van der Waals surface area contributed by atoms with Crippen LogP contribution in [0.1, 0.15) is 76.1 Å². The van der Waals surface area contributed by atoms with E-state index in [2.05, 4.69) is 35.1 Å². The largest absolute Gasteiger partial charge is 0.497 e. The number of rotatable bonds is 13. The van der Waals surface area contributed by atoms with Gasteiger partial charge in [0.25, 0.3) is 11.8 Å². The number of morpholine rings is 2. The summed E-state index contributed by atoms with van der Waals surface area (Å²) in [5.74, 6) is -4.03. The minimum atomic E-state index is -0.961. The zero-order valence-corrected chi connectivity index (χ0v) is 42.4. The summed E-state index contributed by atoms with van der Waals surface area (Å²) in [4.78, 5) is 61.7. The topological polar surface area (TPSA) is 211 Å². The molecule has 0 radical (unpaired) electrons. The lowest BCUT2D eigenvalue weighted by Crippen LogP contribution is -2.36. The van der Waals surface area contributed by atoms with Crippen molar-refractivity contribution in [3.8, 4) is 40.1 Å². The third kappa shape index (κ3) is 11.0. The number of amides is 3. The number of carbonyl (C=O) groups is 3. The lowest BCUT2D eigenvalue weighted by Gasteiger charge is -2.28. The second-order valence-corrected chi connectivity index (χ2v) is 18.7. The van der Waals surface area contributed by atoms with E-state index in [1.807, 2.05) is 30.3 Å². The summed E-state index contributed by atoms with van der Waals surface area (Å²) >= 11 is 0. The number of aromatic nitrogens is 4. The fraction of sp³-hybridized carbons (Fsp3) is 0.263. The lowest BCUT2D eigenvalue weighted by atomic mass is 9.98. The molecular weight excluding hydrogens is 1010 g/mol. The number of hydrogen-bond acceptors (Lipinski definition) is 14. The van der Waals surface area contributed by atoms with Gasteiger partial charge in [0.15, 0.2) is 0 Å². The number of nitrogens with two attached hydrogens (primary N) is 1. The second-order valence-electron chi connectivity index (χ2n) is 18.7. The maximum atomic E-state index is 15.1. The highest BCUT2D eigenvalue weighted by Crippen LogP contribution is 2.36. The summed E-state index contributed by atoms with van der Waals surface area (Å²) in [5.41, 5.74) is 10.8. The van der Waals surface area contributed by atoms with E-state index in [-0.39, 0.29) is 77.9 Å². The molecule has 3 N–H and O–H groups in total. The predicted octanol–water partition coefficient (Wildman–Crippen LogP) is 7.09. The van der Waals surface area contributed by atoms with Crippen LogP contribution in [0.3, 0.4) is 0 Å². The molecular formula is C57H50F4N10O7. The second kappa shape index (κ2) is 22.7. The number of primary amides is 1. The number of nitrogens with zero attached hydrogens (tertiary/aromatic N) is 8. The standard InChI is InChI=1S/C33H29F2N5O4.C24H21F2N5O3/c1-42-25-6-3-21(30(15-25)43-2)18-40-19-29-31(33(40)41)22(13-23-4-5-24(17-37-23)39-7-9-44-10-8-39)14-28(38-29)32-26(34)11-20(16-36)12-27(32)35;25-17-8-14(23(27)32)9-18(26)22(17)19-10-13(21-20(30-19)12-29-24(21)33)7-15-1-2-16(11-28-15)31-3-5-34-6-4-31/h3-6,11-12,14-15,17H,7-10,13,18-19H2,1-2H3;1-2,8-11H,3-7,12H2,(H2,27,32)(H,29,33). The zero-order valence-electron chi connectivity index (χ0n) is 42.4. The number of nitriles is 1. The van der Waals surface area contributed by atoms with Gasteiger partial charge < -0.3 is 44.7 Å². The summed E-state index contributed by atoms with van der Waals surface area (Å²) < 4.78 is 81.5. The van der Waals surface area contributed by atoms with Crippen LogP contribution < -0.4 is 30.3 Å². The Bertz CT molecular complexity index is 3470. The summed E-state index contributed by atoms with van der Waals surface area (Å²) in [5, 5.41) is 11.9. The Morgan fingerprint density at radius 2 is 1.22 bits per heavy atom. The molecule has 2 fully saturated rings. The molecule has 2 saturated heterocycles. The van der Waals surface area contributed by atoms with Crippen molar-refractivity contribution < 1.29 is 50.9 Å². The first kappa shape index (κ1) is 52.4. The summed E-state index contributed by atoms with van der Waals surface area (Å²) in [7, 11) is 3.10. The lowest BCUT2D eigenvalue weighted by molar-refractivity contribution is 0.0764. The number of hydrogen-bond donors (Lipinski definition) is 2. The van der Waals surface area contributed by atoms with Crippen LogP contribution >= 0.6 is 0 Å². The van der Waals surface area contributed by atoms with Crippen molar-refractivity contribution in [1.82, 2.24) is 30.2 Å². The van der Waals surface area contributed by atoms with Gasteiger partial charge in [0, 0.05) is 67.6 Å². The van der Waals surface area contributed by atoms with E-state index in [9.17, 15) is 23.2 Å². The summed E-state index contributed by atoms with van der Waals surface area (Å²) in [6, 6.07) is 21.6. The third-order valence-electron chi connectivity index (χ3n) is 13.8. The van der Waals surface area contributed by atoms with Gasteiger partial charge >= 0.3 is 0 Å². The van der Waals surface area contributed by atoms with Gasteiger partial charge in [-0.1, -0.05) is 0 Å². The fourth-order valence-electron chi connectivity index (χ4n) is 9.90. The quantitative estimate of drug-likeness (QED) is 0.111. The molecule has 78 heavy (non-hydrogen) atoms. The van der Waals surface area contributed by atoms with Crippen molar-refractivity contribution in [3.63, 3.8) is 0 Å². The molecule has 11 rings (SSSR count). The van der Waals surface area contributed by atoms with Gasteiger partial charge in [-0.05, 0) is 83.9 Å².